The Bertz CT molecular complexity index is 974. The third-order valence-electron chi connectivity index (χ3n) is 5.06. The Kier molecular flexibility index (Phi) is 5.30. The molecule has 1 aromatic heterocycles. The number of methoxy groups -OCH3 is 1. The Morgan fingerprint density at radius 1 is 1.18 bits per heavy atom. The number of carbonyl (C=O) groups is 1. The molecule has 1 amide bonds. The monoisotopic (exact) mass is 396 g/mol. The number of hydrogen-bond donors (Lipinski definition) is 0. The fourth-order valence-corrected chi connectivity index (χ4v) is 3.88. The molecule has 1 aliphatic rings. The van der Waals surface area contributed by atoms with Crippen molar-refractivity contribution in [1.29, 1.82) is 0 Å². The molecule has 2 aromatic carbocycles. The summed E-state index contributed by atoms with van der Waals surface area (Å²) < 4.78 is 7.34. The van der Waals surface area contributed by atoms with Crippen molar-refractivity contribution in [2.45, 2.75) is 25.3 Å². The molecule has 1 saturated heterocycles. The Balaban J connectivity index is 1.72. The number of nitrogens with zero attached hydrogens (tertiary/aromatic N) is 4. The molecule has 0 radical (unpaired) electrons. The molecule has 0 bridgehead atoms. The van der Waals surface area contributed by atoms with Gasteiger partial charge in [0.05, 0.1) is 18.7 Å². The van der Waals surface area contributed by atoms with Crippen LogP contribution < -0.4 is 4.74 Å². The first-order valence-electron chi connectivity index (χ1n) is 9.29. The Hall–Kier alpha value is -2.86. The number of para-hydroxylation sites is 1. The summed E-state index contributed by atoms with van der Waals surface area (Å²) in [6.45, 7) is 0.654. The van der Waals surface area contributed by atoms with E-state index in [1.165, 1.54) is 0 Å². The first-order chi connectivity index (χ1) is 13.7. The standard InChI is InChI=1S/C21H21ClN4O2/c1-28-19-11-10-15(22)13-17(19)21(27)25-12-6-5-9-18(25)20-24-23-14-26(20)16-7-3-2-4-8-16/h2-4,7-8,10-11,13-14,18H,5-6,9,12H2,1H3. The molecule has 6 nitrogen and oxygen atoms in total. The number of carbonyl (C=O) groups excluding carboxylic acids is 1. The van der Waals surface area contributed by atoms with E-state index in [0.29, 0.717) is 22.9 Å². The van der Waals surface area contributed by atoms with Gasteiger partial charge in [0.1, 0.15) is 12.1 Å². The molecule has 1 unspecified atom stereocenters. The van der Waals surface area contributed by atoms with E-state index >= 15 is 0 Å². The lowest BCUT2D eigenvalue weighted by Gasteiger charge is -2.35. The van der Waals surface area contributed by atoms with Gasteiger partial charge in [0.2, 0.25) is 0 Å². The Morgan fingerprint density at radius 2 is 2.00 bits per heavy atom. The number of hydrogen-bond acceptors (Lipinski definition) is 4. The highest BCUT2D eigenvalue weighted by molar-refractivity contribution is 6.31. The van der Waals surface area contributed by atoms with Crippen LogP contribution in [0.15, 0.2) is 54.9 Å². The molecule has 0 aliphatic carbocycles. The van der Waals surface area contributed by atoms with Crippen LogP contribution in [0.3, 0.4) is 0 Å². The molecule has 3 aromatic rings. The van der Waals surface area contributed by atoms with Gasteiger partial charge in [-0.2, -0.15) is 0 Å². The highest BCUT2D eigenvalue weighted by Gasteiger charge is 2.33. The predicted molar refractivity (Wildman–Crippen MR) is 107 cm³/mol. The molecule has 0 N–H and O–H groups in total. The van der Waals surface area contributed by atoms with Crippen molar-refractivity contribution in [3.63, 3.8) is 0 Å². The molecule has 1 atom stereocenters. The number of ether oxygens (including phenoxy) is 1. The van der Waals surface area contributed by atoms with Gasteiger partial charge in [0, 0.05) is 17.3 Å². The number of amides is 1. The number of aromatic nitrogens is 3. The Labute approximate surface area is 168 Å². The van der Waals surface area contributed by atoms with Crippen LogP contribution in [0.4, 0.5) is 0 Å². The molecule has 0 saturated carbocycles. The molecule has 0 spiro atoms. The van der Waals surface area contributed by atoms with Crippen LogP contribution in [0.2, 0.25) is 5.02 Å². The van der Waals surface area contributed by atoms with Gasteiger partial charge in [-0.25, -0.2) is 0 Å². The predicted octanol–water partition coefficient (Wildman–Crippen LogP) is 4.30. The van der Waals surface area contributed by atoms with E-state index < -0.39 is 0 Å². The number of benzene rings is 2. The summed E-state index contributed by atoms with van der Waals surface area (Å²) in [4.78, 5) is 15.3. The summed E-state index contributed by atoms with van der Waals surface area (Å²) >= 11 is 6.15. The minimum absolute atomic E-state index is 0.105. The Morgan fingerprint density at radius 3 is 2.79 bits per heavy atom. The summed E-state index contributed by atoms with van der Waals surface area (Å²) in [6, 6.07) is 14.9. The smallest absolute Gasteiger partial charge is 0.258 e. The zero-order valence-electron chi connectivity index (χ0n) is 15.6. The summed E-state index contributed by atoms with van der Waals surface area (Å²) in [5.41, 5.74) is 1.44. The van der Waals surface area contributed by atoms with Gasteiger partial charge in [-0.3, -0.25) is 9.36 Å². The summed E-state index contributed by atoms with van der Waals surface area (Å²) in [5, 5.41) is 8.99. The third-order valence-corrected chi connectivity index (χ3v) is 5.30. The lowest BCUT2D eigenvalue weighted by Crippen LogP contribution is -2.39. The van der Waals surface area contributed by atoms with Gasteiger partial charge in [-0.05, 0) is 49.6 Å². The molecule has 7 heteroatoms. The molecular weight excluding hydrogens is 376 g/mol. The fourth-order valence-electron chi connectivity index (χ4n) is 3.70. The van der Waals surface area contributed by atoms with Crippen molar-refractivity contribution in [1.82, 2.24) is 19.7 Å². The van der Waals surface area contributed by atoms with Crippen LogP contribution in [0.1, 0.15) is 41.5 Å². The van der Waals surface area contributed by atoms with E-state index in [4.69, 9.17) is 16.3 Å². The lowest BCUT2D eigenvalue weighted by atomic mass is 9.99. The van der Waals surface area contributed by atoms with Crippen molar-refractivity contribution < 1.29 is 9.53 Å². The summed E-state index contributed by atoms with van der Waals surface area (Å²) in [5.74, 6) is 1.18. The number of piperidine rings is 1. The summed E-state index contributed by atoms with van der Waals surface area (Å²) in [6.07, 6.45) is 4.51. The number of rotatable bonds is 4. The highest BCUT2D eigenvalue weighted by Crippen LogP contribution is 2.34. The molecular formula is C21H21ClN4O2. The maximum atomic E-state index is 13.4. The minimum Gasteiger partial charge on any atom is -0.496 e. The van der Waals surface area contributed by atoms with E-state index in [2.05, 4.69) is 10.2 Å². The second kappa shape index (κ2) is 8.02. The molecule has 1 fully saturated rings. The van der Waals surface area contributed by atoms with E-state index in [1.54, 1.807) is 31.6 Å². The van der Waals surface area contributed by atoms with Crippen molar-refractivity contribution in [2.24, 2.45) is 0 Å². The molecule has 144 valence electrons. The number of likely N-dealkylation sites (tertiary alicyclic amines) is 1. The second-order valence-electron chi connectivity index (χ2n) is 6.75. The van der Waals surface area contributed by atoms with Crippen molar-refractivity contribution >= 4 is 17.5 Å². The van der Waals surface area contributed by atoms with Crippen LogP contribution in [-0.4, -0.2) is 39.2 Å². The minimum atomic E-state index is -0.160. The zero-order chi connectivity index (χ0) is 19.5. The van der Waals surface area contributed by atoms with E-state index in [0.717, 1.165) is 30.8 Å². The van der Waals surface area contributed by atoms with Crippen molar-refractivity contribution in [3.05, 3.63) is 71.3 Å². The number of halogens is 1. The van der Waals surface area contributed by atoms with Crippen molar-refractivity contribution in [3.8, 4) is 11.4 Å². The van der Waals surface area contributed by atoms with Crippen LogP contribution in [0, 0.1) is 0 Å². The zero-order valence-corrected chi connectivity index (χ0v) is 16.3. The van der Waals surface area contributed by atoms with E-state index in [-0.39, 0.29) is 11.9 Å². The van der Waals surface area contributed by atoms with Gasteiger partial charge in [0.15, 0.2) is 5.82 Å². The second-order valence-corrected chi connectivity index (χ2v) is 7.19. The van der Waals surface area contributed by atoms with Crippen LogP contribution in [-0.2, 0) is 0 Å². The van der Waals surface area contributed by atoms with Crippen LogP contribution in [0.25, 0.3) is 5.69 Å². The van der Waals surface area contributed by atoms with Crippen LogP contribution >= 0.6 is 11.6 Å². The maximum absolute atomic E-state index is 13.4. The van der Waals surface area contributed by atoms with Gasteiger partial charge >= 0.3 is 0 Å². The van der Waals surface area contributed by atoms with Gasteiger partial charge in [0.25, 0.3) is 5.91 Å². The highest BCUT2D eigenvalue weighted by atomic mass is 35.5. The van der Waals surface area contributed by atoms with Gasteiger partial charge < -0.3 is 9.64 Å². The molecule has 28 heavy (non-hydrogen) atoms. The SMILES string of the molecule is COc1ccc(Cl)cc1C(=O)N1CCCCC1c1nncn1-c1ccccc1. The molecule has 2 heterocycles. The summed E-state index contributed by atoms with van der Waals surface area (Å²) in [7, 11) is 1.56. The molecule has 4 rings (SSSR count). The largest absolute Gasteiger partial charge is 0.496 e. The normalized spacial score (nSPS) is 16.8. The average molecular weight is 397 g/mol. The van der Waals surface area contributed by atoms with E-state index in [9.17, 15) is 4.79 Å². The maximum Gasteiger partial charge on any atom is 0.258 e. The first-order valence-corrected chi connectivity index (χ1v) is 9.66. The lowest BCUT2D eigenvalue weighted by molar-refractivity contribution is 0.0594. The average Bonchev–Trinajstić information content (AvgIpc) is 3.23. The quantitative estimate of drug-likeness (QED) is 0.659. The fraction of sp³-hybridized carbons (Fsp3) is 0.286. The van der Waals surface area contributed by atoms with Gasteiger partial charge in [-0.15, -0.1) is 10.2 Å². The first kappa shape index (κ1) is 18.5. The third kappa shape index (κ3) is 3.47. The van der Waals surface area contributed by atoms with E-state index in [1.807, 2.05) is 39.8 Å². The molecule has 1 aliphatic heterocycles. The topological polar surface area (TPSA) is 60.2 Å². The van der Waals surface area contributed by atoms with Gasteiger partial charge in [-0.1, -0.05) is 29.8 Å². The van der Waals surface area contributed by atoms with Crippen LogP contribution in [0.5, 0.6) is 5.75 Å². The van der Waals surface area contributed by atoms with Crippen molar-refractivity contribution in [2.75, 3.05) is 13.7 Å².